The molecule has 1 aliphatic heterocycles. The number of ether oxygens (including phenoxy) is 1. The van der Waals surface area contributed by atoms with E-state index in [4.69, 9.17) is 4.74 Å². The number of nitrogens with one attached hydrogen (secondary N) is 2. The third kappa shape index (κ3) is 8.36. The number of halogens is 1. The second-order valence-corrected chi connectivity index (χ2v) is 7.60. The molecular formula is C20H33IN4O2. The van der Waals surface area contributed by atoms with Crippen LogP contribution in [0.1, 0.15) is 45.1 Å². The van der Waals surface area contributed by atoms with E-state index in [9.17, 15) is 4.79 Å². The van der Waals surface area contributed by atoms with Crippen LogP contribution in [-0.4, -0.2) is 55.8 Å². The lowest BCUT2D eigenvalue weighted by Crippen LogP contribution is -2.41. The lowest BCUT2D eigenvalue weighted by molar-refractivity contribution is 0.0527. The summed E-state index contributed by atoms with van der Waals surface area (Å²) < 4.78 is 5.22. The van der Waals surface area contributed by atoms with E-state index in [-0.39, 0.29) is 30.1 Å². The van der Waals surface area contributed by atoms with Gasteiger partial charge in [-0.1, -0.05) is 30.3 Å². The fourth-order valence-electron chi connectivity index (χ4n) is 3.08. The molecule has 27 heavy (non-hydrogen) atoms. The van der Waals surface area contributed by atoms with Crippen LogP contribution in [0.4, 0.5) is 4.79 Å². The van der Waals surface area contributed by atoms with E-state index in [1.54, 1.807) is 0 Å². The Morgan fingerprint density at radius 1 is 1.22 bits per heavy atom. The van der Waals surface area contributed by atoms with Gasteiger partial charge in [0.1, 0.15) is 5.60 Å². The van der Waals surface area contributed by atoms with E-state index < -0.39 is 5.60 Å². The molecule has 7 heteroatoms. The Morgan fingerprint density at radius 3 is 2.52 bits per heavy atom. The summed E-state index contributed by atoms with van der Waals surface area (Å²) in [6.07, 6.45) is 1.59. The molecule has 1 heterocycles. The van der Waals surface area contributed by atoms with Gasteiger partial charge in [-0.15, -0.1) is 24.0 Å². The standard InChI is InChI=1S/C20H32N4O2.HI/c1-20(2,3)26-19(25)23-13-8-12-22-18(21-4)24-14-11-17(15-24)16-9-6-5-7-10-16;/h5-7,9-10,17H,8,11-15H2,1-4H3,(H,21,22)(H,23,25);1H. The number of nitrogens with zero attached hydrogens (tertiary/aromatic N) is 2. The molecule has 0 aromatic heterocycles. The van der Waals surface area contributed by atoms with Gasteiger partial charge in [0, 0.05) is 39.1 Å². The molecule has 2 N–H and O–H groups in total. The summed E-state index contributed by atoms with van der Waals surface area (Å²) in [7, 11) is 1.82. The van der Waals surface area contributed by atoms with Crippen molar-refractivity contribution in [2.75, 3.05) is 33.2 Å². The molecule has 1 saturated heterocycles. The van der Waals surface area contributed by atoms with Crippen molar-refractivity contribution in [3.05, 3.63) is 35.9 Å². The molecular weight excluding hydrogens is 455 g/mol. The summed E-state index contributed by atoms with van der Waals surface area (Å²) in [6.45, 7) is 8.90. The molecule has 1 aromatic rings. The minimum absolute atomic E-state index is 0. The Morgan fingerprint density at radius 2 is 1.89 bits per heavy atom. The maximum Gasteiger partial charge on any atom is 0.407 e. The average molecular weight is 488 g/mol. The Balaban J connectivity index is 0.00000364. The molecule has 0 radical (unpaired) electrons. The van der Waals surface area contributed by atoms with Gasteiger partial charge in [-0.2, -0.15) is 0 Å². The predicted octanol–water partition coefficient (Wildman–Crippen LogP) is 3.58. The summed E-state index contributed by atoms with van der Waals surface area (Å²) >= 11 is 0. The summed E-state index contributed by atoms with van der Waals surface area (Å²) in [4.78, 5) is 18.3. The van der Waals surface area contributed by atoms with E-state index in [1.807, 2.05) is 27.8 Å². The molecule has 1 atom stereocenters. The average Bonchev–Trinajstić information content (AvgIpc) is 3.07. The first-order chi connectivity index (χ1) is 12.4. The van der Waals surface area contributed by atoms with Crippen LogP contribution in [0.5, 0.6) is 0 Å². The van der Waals surface area contributed by atoms with Gasteiger partial charge >= 0.3 is 6.09 Å². The Hall–Kier alpha value is -1.51. The first kappa shape index (κ1) is 23.5. The first-order valence-corrected chi connectivity index (χ1v) is 9.36. The van der Waals surface area contributed by atoms with Gasteiger partial charge < -0.3 is 20.3 Å². The van der Waals surface area contributed by atoms with Gasteiger partial charge in [0.15, 0.2) is 5.96 Å². The highest BCUT2D eigenvalue weighted by Gasteiger charge is 2.25. The fourth-order valence-corrected chi connectivity index (χ4v) is 3.08. The number of carbonyl (C=O) groups is 1. The molecule has 1 aromatic carbocycles. The lowest BCUT2D eigenvalue weighted by atomic mass is 9.99. The smallest absolute Gasteiger partial charge is 0.407 e. The van der Waals surface area contributed by atoms with Gasteiger partial charge in [-0.25, -0.2) is 4.79 Å². The van der Waals surface area contributed by atoms with Crippen LogP contribution in [0.2, 0.25) is 0 Å². The van der Waals surface area contributed by atoms with Crippen molar-refractivity contribution in [1.82, 2.24) is 15.5 Å². The third-order valence-electron chi connectivity index (χ3n) is 4.28. The van der Waals surface area contributed by atoms with Gasteiger partial charge in [0.25, 0.3) is 0 Å². The summed E-state index contributed by atoms with van der Waals surface area (Å²) in [5.74, 6) is 1.49. The highest BCUT2D eigenvalue weighted by Crippen LogP contribution is 2.26. The highest BCUT2D eigenvalue weighted by atomic mass is 127. The number of carbonyl (C=O) groups excluding carboxylic acids is 1. The van der Waals surface area contributed by atoms with E-state index in [0.717, 1.165) is 38.4 Å². The van der Waals surface area contributed by atoms with Crippen LogP contribution in [-0.2, 0) is 4.74 Å². The second kappa shape index (κ2) is 11.4. The zero-order valence-corrected chi connectivity index (χ0v) is 19.2. The summed E-state index contributed by atoms with van der Waals surface area (Å²) in [5.41, 5.74) is 0.933. The number of rotatable bonds is 5. The molecule has 6 nitrogen and oxygen atoms in total. The number of hydrogen-bond donors (Lipinski definition) is 2. The molecule has 0 saturated carbocycles. The van der Waals surface area contributed by atoms with E-state index >= 15 is 0 Å². The van der Waals surface area contributed by atoms with Crippen LogP contribution in [0.25, 0.3) is 0 Å². The third-order valence-corrected chi connectivity index (χ3v) is 4.28. The Labute approximate surface area is 180 Å². The van der Waals surface area contributed by atoms with Crippen LogP contribution in [0.3, 0.4) is 0 Å². The van der Waals surface area contributed by atoms with Crippen molar-refractivity contribution in [2.24, 2.45) is 4.99 Å². The first-order valence-electron chi connectivity index (χ1n) is 9.36. The van der Waals surface area contributed by atoms with Crippen molar-refractivity contribution < 1.29 is 9.53 Å². The van der Waals surface area contributed by atoms with E-state index in [1.165, 1.54) is 5.56 Å². The number of hydrogen-bond acceptors (Lipinski definition) is 3. The van der Waals surface area contributed by atoms with Gasteiger partial charge in [0.05, 0.1) is 0 Å². The minimum atomic E-state index is -0.463. The van der Waals surface area contributed by atoms with Gasteiger partial charge in [-0.3, -0.25) is 4.99 Å². The second-order valence-electron chi connectivity index (χ2n) is 7.60. The molecule has 1 fully saturated rings. The van der Waals surface area contributed by atoms with Crippen LogP contribution >= 0.6 is 24.0 Å². The summed E-state index contributed by atoms with van der Waals surface area (Å²) in [5, 5.41) is 6.16. The molecule has 152 valence electrons. The van der Waals surface area contributed by atoms with Crippen LogP contribution in [0, 0.1) is 0 Å². The monoisotopic (exact) mass is 488 g/mol. The predicted molar refractivity (Wildman–Crippen MR) is 121 cm³/mol. The maximum atomic E-state index is 11.6. The zero-order valence-electron chi connectivity index (χ0n) is 16.8. The van der Waals surface area contributed by atoms with Crippen molar-refractivity contribution in [2.45, 2.75) is 45.1 Å². The topological polar surface area (TPSA) is 66.0 Å². The molecule has 2 rings (SSSR count). The molecule has 0 bridgehead atoms. The van der Waals surface area contributed by atoms with Gasteiger partial charge in [-0.05, 0) is 39.2 Å². The van der Waals surface area contributed by atoms with Crippen molar-refractivity contribution in [3.8, 4) is 0 Å². The zero-order chi connectivity index (χ0) is 19.0. The van der Waals surface area contributed by atoms with E-state index in [0.29, 0.717) is 12.5 Å². The quantitative estimate of drug-likeness (QED) is 0.288. The molecule has 1 unspecified atom stereocenters. The fraction of sp³-hybridized carbons (Fsp3) is 0.600. The van der Waals surface area contributed by atoms with Gasteiger partial charge in [0.2, 0.25) is 0 Å². The molecule has 0 aliphatic carbocycles. The van der Waals surface area contributed by atoms with Crippen molar-refractivity contribution in [3.63, 3.8) is 0 Å². The number of benzene rings is 1. The molecule has 0 spiro atoms. The largest absolute Gasteiger partial charge is 0.444 e. The molecule has 1 aliphatic rings. The number of guanidine groups is 1. The highest BCUT2D eigenvalue weighted by molar-refractivity contribution is 14.0. The number of amides is 1. The normalized spacial score (nSPS) is 17.3. The Bertz CT molecular complexity index is 602. The van der Waals surface area contributed by atoms with Crippen LogP contribution < -0.4 is 10.6 Å². The maximum absolute atomic E-state index is 11.6. The van der Waals surface area contributed by atoms with Crippen LogP contribution in [0.15, 0.2) is 35.3 Å². The summed E-state index contributed by atoms with van der Waals surface area (Å²) in [6, 6.07) is 10.7. The number of aliphatic imine (C=N–C) groups is 1. The number of alkyl carbamates (subject to hydrolysis) is 1. The Kier molecular flexibility index (Phi) is 9.90. The van der Waals surface area contributed by atoms with E-state index in [2.05, 4.69) is 50.9 Å². The number of likely N-dealkylation sites (tertiary alicyclic amines) is 1. The van der Waals surface area contributed by atoms with Crippen molar-refractivity contribution in [1.29, 1.82) is 0 Å². The SMILES string of the molecule is CN=C(NCCCNC(=O)OC(C)(C)C)N1CCC(c2ccccc2)C1.I. The molecule has 1 amide bonds. The lowest BCUT2D eigenvalue weighted by Gasteiger charge is -2.22. The van der Waals surface area contributed by atoms with Crippen molar-refractivity contribution >= 4 is 36.0 Å². The minimum Gasteiger partial charge on any atom is -0.444 e.